The van der Waals surface area contributed by atoms with Gasteiger partial charge in [-0.25, -0.2) is 0 Å². The van der Waals surface area contributed by atoms with Gasteiger partial charge in [-0.1, -0.05) is 48.0 Å². The van der Waals surface area contributed by atoms with Gasteiger partial charge in [0.1, 0.15) is 18.1 Å². The van der Waals surface area contributed by atoms with E-state index in [9.17, 15) is 4.79 Å². The molecule has 27 heavy (non-hydrogen) atoms. The summed E-state index contributed by atoms with van der Waals surface area (Å²) in [5.41, 5.74) is 7.87. The van der Waals surface area contributed by atoms with Gasteiger partial charge in [-0.2, -0.15) is 0 Å². The number of para-hydroxylation sites is 1. The Hall–Kier alpha value is -2.39. The maximum atomic E-state index is 11.3. The van der Waals surface area contributed by atoms with Gasteiger partial charge in [0.15, 0.2) is 0 Å². The van der Waals surface area contributed by atoms with Crippen molar-refractivity contribution in [3.8, 4) is 5.75 Å². The first kappa shape index (κ1) is 18.0. The van der Waals surface area contributed by atoms with Crippen molar-refractivity contribution >= 4 is 11.4 Å². The van der Waals surface area contributed by atoms with E-state index in [-0.39, 0.29) is 5.78 Å². The van der Waals surface area contributed by atoms with Crippen molar-refractivity contribution < 1.29 is 9.53 Å². The lowest BCUT2D eigenvalue weighted by atomic mass is 9.86. The molecule has 1 fully saturated rings. The van der Waals surface area contributed by atoms with Gasteiger partial charge in [0.05, 0.1) is 0 Å². The van der Waals surface area contributed by atoms with Crippen LogP contribution in [0, 0.1) is 6.92 Å². The fourth-order valence-corrected chi connectivity index (χ4v) is 4.22. The molecule has 0 unspecified atom stereocenters. The molecule has 1 saturated heterocycles. The zero-order valence-corrected chi connectivity index (χ0v) is 16.3. The van der Waals surface area contributed by atoms with Crippen molar-refractivity contribution in [1.29, 1.82) is 0 Å². The van der Waals surface area contributed by atoms with Gasteiger partial charge >= 0.3 is 0 Å². The Kier molecular flexibility index (Phi) is 5.13. The number of nitrogens with zero attached hydrogens (tertiary/aromatic N) is 1. The van der Waals surface area contributed by atoms with E-state index in [2.05, 4.69) is 54.3 Å². The lowest BCUT2D eigenvalue weighted by molar-refractivity contribution is -0.117. The molecule has 0 bridgehead atoms. The third kappa shape index (κ3) is 3.70. The monoisotopic (exact) mass is 361 g/mol. The van der Waals surface area contributed by atoms with Crippen molar-refractivity contribution in [3.05, 3.63) is 70.3 Å². The summed E-state index contributed by atoms with van der Waals surface area (Å²) < 4.78 is 6.23. The van der Waals surface area contributed by atoms with Gasteiger partial charge in [-0.15, -0.1) is 0 Å². The molecule has 3 heteroatoms. The number of ether oxygens (including phenoxy) is 1. The van der Waals surface area contributed by atoms with Crippen LogP contribution < -0.4 is 4.74 Å². The minimum atomic E-state index is 0.276. The second-order valence-electron chi connectivity index (χ2n) is 7.67. The Morgan fingerprint density at radius 3 is 2.56 bits per heavy atom. The summed E-state index contributed by atoms with van der Waals surface area (Å²) in [6, 6.07) is 15.1. The number of carbonyl (C=O) groups excluding carboxylic acids is 1. The van der Waals surface area contributed by atoms with E-state index in [1.165, 1.54) is 33.4 Å². The van der Waals surface area contributed by atoms with Crippen molar-refractivity contribution in [1.82, 2.24) is 4.90 Å². The van der Waals surface area contributed by atoms with Crippen LogP contribution in [0.3, 0.4) is 0 Å². The average Bonchev–Trinajstić information content (AvgIpc) is 2.84. The van der Waals surface area contributed by atoms with Gasteiger partial charge in [0.25, 0.3) is 0 Å². The molecule has 0 atom stereocenters. The summed E-state index contributed by atoms with van der Waals surface area (Å²) in [6.07, 6.45) is 2.76. The topological polar surface area (TPSA) is 29.5 Å². The molecule has 2 aromatic rings. The highest BCUT2D eigenvalue weighted by Gasteiger charge is 2.25. The highest BCUT2D eigenvalue weighted by Crippen LogP contribution is 2.42. The van der Waals surface area contributed by atoms with Crippen LogP contribution in [0.15, 0.2) is 48.0 Å². The van der Waals surface area contributed by atoms with Crippen molar-refractivity contribution in [2.24, 2.45) is 0 Å². The van der Waals surface area contributed by atoms with Crippen LogP contribution in [0.1, 0.15) is 48.4 Å². The zero-order chi connectivity index (χ0) is 18.8. The van der Waals surface area contributed by atoms with E-state index in [4.69, 9.17) is 4.74 Å². The van der Waals surface area contributed by atoms with E-state index in [0.29, 0.717) is 13.0 Å². The lowest BCUT2D eigenvalue weighted by Gasteiger charge is -2.30. The molecule has 2 aliphatic rings. The van der Waals surface area contributed by atoms with Gasteiger partial charge in [0.2, 0.25) is 0 Å². The third-order valence-electron chi connectivity index (χ3n) is 5.73. The summed E-state index contributed by atoms with van der Waals surface area (Å²) in [7, 11) is 0. The number of aryl methyl sites for hydroxylation is 1. The SMILES string of the molecule is CC(=O)CCN1CCC(=C2c3ccccc3COc3c(C)cccc32)CC1. The molecule has 4 rings (SSSR count). The van der Waals surface area contributed by atoms with Crippen LogP contribution in [0.2, 0.25) is 0 Å². The maximum Gasteiger partial charge on any atom is 0.131 e. The minimum Gasteiger partial charge on any atom is -0.488 e. The van der Waals surface area contributed by atoms with Gasteiger partial charge < -0.3 is 9.64 Å². The van der Waals surface area contributed by atoms with Crippen molar-refractivity contribution in [3.63, 3.8) is 0 Å². The predicted molar refractivity (Wildman–Crippen MR) is 109 cm³/mol. The molecule has 0 amide bonds. The van der Waals surface area contributed by atoms with Crippen LogP contribution in [0.5, 0.6) is 5.75 Å². The van der Waals surface area contributed by atoms with E-state index >= 15 is 0 Å². The summed E-state index contributed by atoms with van der Waals surface area (Å²) in [6.45, 7) is 7.36. The summed E-state index contributed by atoms with van der Waals surface area (Å²) >= 11 is 0. The molecule has 0 radical (unpaired) electrons. The summed E-state index contributed by atoms with van der Waals surface area (Å²) in [5.74, 6) is 1.30. The Morgan fingerprint density at radius 2 is 1.78 bits per heavy atom. The van der Waals surface area contributed by atoms with Crippen LogP contribution in [0.4, 0.5) is 0 Å². The van der Waals surface area contributed by atoms with E-state index in [1.807, 2.05) is 0 Å². The van der Waals surface area contributed by atoms with Crippen LogP contribution in [-0.2, 0) is 11.4 Å². The second kappa shape index (κ2) is 7.69. The van der Waals surface area contributed by atoms with Gasteiger partial charge in [0, 0.05) is 31.6 Å². The van der Waals surface area contributed by atoms with Crippen molar-refractivity contribution in [2.75, 3.05) is 19.6 Å². The Labute approximate surface area is 161 Å². The number of hydrogen-bond donors (Lipinski definition) is 0. The van der Waals surface area contributed by atoms with Crippen LogP contribution >= 0.6 is 0 Å². The number of hydrogen-bond acceptors (Lipinski definition) is 3. The number of rotatable bonds is 3. The largest absolute Gasteiger partial charge is 0.488 e. The molecule has 0 aliphatic carbocycles. The highest BCUT2D eigenvalue weighted by atomic mass is 16.5. The lowest BCUT2D eigenvalue weighted by Crippen LogP contribution is -2.32. The van der Waals surface area contributed by atoms with E-state index in [0.717, 1.165) is 38.2 Å². The standard InChI is InChI=1S/C24H27NO2/c1-17-6-5-9-22-23(19-11-14-25(15-12-19)13-10-18(2)26)21-8-4-3-7-20(21)16-27-24(17)22/h3-9H,10-16H2,1-2H3. The number of carbonyl (C=O) groups is 1. The Bertz CT molecular complexity index is 887. The molecule has 3 nitrogen and oxygen atoms in total. The van der Waals surface area contributed by atoms with Crippen LogP contribution in [0.25, 0.3) is 5.57 Å². The molecule has 0 aromatic heterocycles. The molecule has 2 heterocycles. The second-order valence-corrected chi connectivity index (χ2v) is 7.67. The summed E-state index contributed by atoms with van der Waals surface area (Å²) in [5, 5.41) is 0. The Balaban J connectivity index is 1.73. The number of ketones is 1. The fraction of sp³-hybridized carbons (Fsp3) is 0.375. The van der Waals surface area contributed by atoms with E-state index < -0.39 is 0 Å². The summed E-state index contributed by atoms with van der Waals surface area (Å²) in [4.78, 5) is 13.7. The number of benzene rings is 2. The molecule has 2 aromatic carbocycles. The molecular weight excluding hydrogens is 334 g/mol. The Morgan fingerprint density at radius 1 is 1.04 bits per heavy atom. The first-order chi connectivity index (χ1) is 13.1. The molecule has 0 N–H and O–H groups in total. The quantitative estimate of drug-likeness (QED) is 0.789. The van der Waals surface area contributed by atoms with E-state index in [1.54, 1.807) is 6.92 Å². The number of piperidine rings is 1. The first-order valence-electron chi connectivity index (χ1n) is 9.88. The average molecular weight is 361 g/mol. The molecule has 0 saturated carbocycles. The first-order valence-corrected chi connectivity index (χ1v) is 9.88. The minimum absolute atomic E-state index is 0.276. The van der Waals surface area contributed by atoms with Gasteiger partial charge in [-0.3, -0.25) is 4.79 Å². The predicted octanol–water partition coefficient (Wildman–Crippen LogP) is 4.76. The van der Waals surface area contributed by atoms with Crippen LogP contribution in [-0.4, -0.2) is 30.3 Å². The third-order valence-corrected chi connectivity index (χ3v) is 5.73. The highest BCUT2D eigenvalue weighted by molar-refractivity contribution is 5.87. The fourth-order valence-electron chi connectivity index (χ4n) is 4.22. The number of Topliss-reactive ketones (excluding diaryl/α,β-unsaturated/α-hetero) is 1. The zero-order valence-electron chi connectivity index (χ0n) is 16.3. The van der Waals surface area contributed by atoms with Gasteiger partial charge in [-0.05, 0) is 49.0 Å². The maximum absolute atomic E-state index is 11.3. The molecular formula is C24H27NO2. The number of fused-ring (bicyclic) bond motifs is 2. The molecule has 0 spiro atoms. The molecule has 140 valence electrons. The molecule has 2 aliphatic heterocycles. The number of likely N-dealkylation sites (tertiary alicyclic amines) is 1. The van der Waals surface area contributed by atoms with Crippen molar-refractivity contribution in [2.45, 2.75) is 39.7 Å². The normalized spacial score (nSPS) is 17.0. The smallest absolute Gasteiger partial charge is 0.131 e.